The Morgan fingerprint density at radius 3 is 1.69 bits per heavy atom. The minimum Gasteiger partial charge on any atom is -0.481 e. The maximum Gasteiger partial charge on any atom is 0.328 e. The smallest absolute Gasteiger partial charge is 0.328 e. The van der Waals surface area contributed by atoms with Crippen LogP contribution in [0, 0.1) is 5.92 Å². The standard InChI is InChI=1S/C10H18N2O5.C6H11NO4.C2H3FO/c1-5(2)8(11)9(15)12-6(4-7(13)14)10(16)17-3;1-11-6(10)4(7)2-3-5(8)9;1-2(3)4/h5-6,8H,4,11H2,1-3H3,(H,12,15)(H,13,14);4H,2-3,7H2,1H3,(H,8,9);1H3/t6-,8-;4-;/m00./s1. The minimum absolute atomic E-state index is 0.113. The molecular weight excluding hydrogens is 437 g/mol. The van der Waals surface area contributed by atoms with Gasteiger partial charge < -0.3 is 36.5 Å². The number of methoxy groups -OCH3 is 2. The molecule has 0 unspecified atom stereocenters. The third-order valence-corrected chi connectivity index (χ3v) is 3.38. The van der Waals surface area contributed by atoms with Crippen LogP contribution in [-0.2, 0) is 38.2 Å². The molecule has 32 heavy (non-hydrogen) atoms. The molecule has 0 saturated carbocycles. The maximum atomic E-state index is 11.6. The monoisotopic (exact) mass is 469 g/mol. The van der Waals surface area contributed by atoms with E-state index in [0.717, 1.165) is 14.0 Å². The third kappa shape index (κ3) is 20.2. The molecular formula is C18H32FN3O10. The van der Waals surface area contributed by atoms with Gasteiger partial charge in [-0.05, 0) is 12.3 Å². The fourth-order valence-electron chi connectivity index (χ4n) is 1.63. The summed E-state index contributed by atoms with van der Waals surface area (Å²) >= 11 is 0. The molecule has 0 fully saturated rings. The summed E-state index contributed by atoms with van der Waals surface area (Å²) in [5, 5.41) is 19.1. The molecule has 0 aliphatic heterocycles. The lowest BCUT2D eigenvalue weighted by molar-refractivity contribution is -0.149. The number of aliphatic carboxylic acids is 2. The summed E-state index contributed by atoms with van der Waals surface area (Å²) in [4.78, 5) is 62.7. The van der Waals surface area contributed by atoms with E-state index in [2.05, 4.69) is 14.8 Å². The normalized spacial score (nSPS) is 12.4. The van der Waals surface area contributed by atoms with Gasteiger partial charge in [0.1, 0.15) is 12.1 Å². The Kier molecular flexibility index (Phi) is 19.5. The summed E-state index contributed by atoms with van der Waals surface area (Å²) in [7, 11) is 2.33. The number of hydrogen-bond donors (Lipinski definition) is 5. The van der Waals surface area contributed by atoms with E-state index in [1.54, 1.807) is 13.8 Å². The molecule has 0 radical (unpaired) electrons. The minimum atomic E-state index is -1.33. The van der Waals surface area contributed by atoms with Crippen molar-refractivity contribution in [3.05, 3.63) is 0 Å². The highest BCUT2D eigenvalue weighted by Crippen LogP contribution is 2.01. The van der Waals surface area contributed by atoms with Crippen LogP contribution in [0.2, 0.25) is 0 Å². The van der Waals surface area contributed by atoms with Crippen molar-refractivity contribution < 1.29 is 52.8 Å². The van der Waals surface area contributed by atoms with Gasteiger partial charge in [0, 0.05) is 13.3 Å². The molecule has 14 heteroatoms. The van der Waals surface area contributed by atoms with Crippen LogP contribution >= 0.6 is 0 Å². The van der Waals surface area contributed by atoms with Crippen LogP contribution in [0.25, 0.3) is 0 Å². The van der Waals surface area contributed by atoms with E-state index in [9.17, 15) is 28.4 Å². The molecule has 0 rings (SSSR count). The Bertz CT molecular complexity index is 638. The van der Waals surface area contributed by atoms with Crippen molar-refractivity contribution in [3.63, 3.8) is 0 Å². The number of carbonyl (C=O) groups is 6. The summed E-state index contributed by atoms with van der Waals surface area (Å²) in [6, 6.07) is -4.16. The number of nitrogens with two attached hydrogens (primary N) is 2. The van der Waals surface area contributed by atoms with Crippen molar-refractivity contribution in [1.29, 1.82) is 0 Å². The molecule has 0 heterocycles. The Labute approximate surface area is 184 Å². The van der Waals surface area contributed by atoms with Gasteiger partial charge in [0.15, 0.2) is 0 Å². The van der Waals surface area contributed by atoms with E-state index >= 15 is 0 Å². The Morgan fingerprint density at radius 2 is 1.38 bits per heavy atom. The van der Waals surface area contributed by atoms with Gasteiger partial charge in [-0.3, -0.25) is 24.0 Å². The van der Waals surface area contributed by atoms with Crippen LogP contribution in [0.5, 0.6) is 0 Å². The van der Waals surface area contributed by atoms with Gasteiger partial charge in [-0.15, -0.1) is 0 Å². The first-order valence-corrected chi connectivity index (χ1v) is 9.17. The molecule has 1 amide bonds. The lowest BCUT2D eigenvalue weighted by atomic mass is 10.0. The molecule has 0 bridgehead atoms. The molecule has 0 aromatic rings. The second-order valence-electron chi connectivity index (χ2n) is 6.48. The van der Waals surface area contributed by atoms with Gasteiger partial charge in [-0.1, -0.05) is 13.8 Å². The lowest BCUT2D eigenvalue weighted by Gasteiger charge is -2.19. The zero-order valence-electron chi connectivity index (χ0n) is 18.6. The molecule has 0 aliphatic rings. The van der Waals surface area contributed by atoms with Crippen LogP contribution in [0.15, 0.2) is 0 Å². The van der Waals surface area contributed by atoms with E-state index in [4.69, 9.17) is 26.5 Å². The van der Waals surface area contributed by atoms with Gasteiger partial charge >= 0.3 is 23.9 Å². The topological polar surface area (TPSA) is 225 Å². The van der Waals surface area contributed by atoms with Gasteiger partial charge in [0.05, 0.1) is 26.7 Å². The van der Waals surface area contributed by atoms with E-state index in [0.29, 0.717) is 0 Å². The van der Waals surface area contributed by atoms with Gasteiger partial charge in [-0.25, -0.2) is 4.79 Å². The zero-order valence-corrected chi connectivity index (χ0v) is 18.6. The molecule has 186 valence electrons. The number of nitrogens with one attached hydrogen (secondary N) is 1. The first-order chi connectivity index (χ1) is 14.6. The number of rotatable bonds is 10. The van der Waals surface area contributed by atoms with Gasteiger partial charge in [0.25, 0.3) is 6.04 Å². The second kappa shape index (κ2) is 18.6. The summed E-state index contributed by atoms with van der Waals surface area (Å²) in [5.41, 5.74) is 10.8. The highest BCUT2D eigenvalue weighted by molar-refractivity contribution is 5.89. The van der Waals surface area contributed by atoms with Crippen LogP contribution in [-0.4, -0.2) is 78.4 Å². The van der Waals surface area contributed by atoms with Crippen LogP contribution < -0.4 is 16.8 Å². The average molecular weight is 469 g/mol. The van der Waals surface area contributed by atoms with Crippen molar-refractivity contribution in [2.45, 2.75) is 58.2 Å². The molecule has 0 aromatic heterocycles. The summed E-state index contributed by atoms with van der Waals surface area (Å²) in [6.07, 6.45) is -0.540. The number of hydrogen-bond acceptors (Lipinski definition) is 10. The highest BCUT2D eigenvalue weighted by atomic mass is 19.1. The van der Waals surface area contributed by atoms with E-state index in [1.807, 2.05) is 0 Å². The number of halogens is 1. The summed E-state index contributed by atoms with van der Waals surface area (Å²) < 4.78 is 19.0. The van der Waals surface area contributed by atoms with Crippen molar-refractivity contribution >= 4 is 35.8 Å². The fraction of sp³-hybridized carbons (Fsp3) is 0.667. The Balaban J connectivity index is -0.000000478. The SMILES string of the molecule is CC(=O)F.COC(=O)[C@@H](N)CCC(=O)O.COC(=O)[C@H](CC(=O)O)NC(=O)[C@@H](N)C(C)C. The predicted octanol–water partition coefficient (Wildman–Crippen LogP) is -1.04. The fourth-order valence-corrected chi connectivity index (χ4v) is 1.63. The highest BCUT2D eigenvalue weighted by Gasteiger charge is 2.27. The van der Waals surface area contributed by atoms with E-state index in [1.165, 1.54) is 7.11 Å². The zero-order chi connectivity index (χ0) is 26.0. The average Bonchev–Trinajstić information content (AvgIpc) is 2.68. The first kappa shape index (κ1) is 33.5. The first-order valence-electron chi connectivity index (χ1n) is 9.17. The van der Waals surface area contributed by atoms with Gasteiger partial charge in [0.2, 0.25) is 5.91 Å². The van der Waals surface area contributed by atoms with Crippen molar-refractivity contribution in [1.82, 2.24) is 5.32 Å². The number of esters is 2. The molecule has 0 saturated heterocycles. The van der Waals surface area contributed by atoms with Crippen molar-refractivity contribution in [2.75, 3.05) is 14.2 Å². The quantitative estimate of drug-likeness (QED) is 0.191. The van der Waals surface area contributed by atoms with Crippen LogP contribution in [0.4, 0.5) is 4.39 Å². The Morgan fingerprint density at radius 1 is 0.938 bits per heavy atom. The number of carboxylic acid groups (broad SMARTS) is 2. The van der Waals surface area contributed by atoms with Crippen LogP contribution in [0.3, 0.4) is 0 Å². The number of carbonyl (C=O) groups excluding carboxylic acids is 4. The molecule has 0 spiro atoms. The van der Waals surface area contributed by atoms with E-state index in [-0.39, 0.29) is 18.8 Å². The summed E-state index contributed by atoms with van der Waals surface area (Å²) in [6.45, 7) is 4.35. The third-order valence-electron chi connectivity index (χ3n) is 3.38. The molecule has 0 aromatic carbocycles. The lowest BCUT2D eigenvalue weighted by Crippen LogP contribution is -2.51. The van der Waals surface area contributed by atoms with Gasteiger partial charge in [-0.2, -0.15) is 4.39 Å². The maximum absolute atomic E-state index is 11.6. The number of amides is 1. The van der Waals surface area contributed by atoms with Crippen LogP contribution in [0.1, 0.15) is 40.0 Å². The van der Waals surface area contributed by atoms with E-state index < -0.39 is 60.4 Å². The summed E-state index contributed by atoms with van der Waals surface area (Å²) in [5.74, 6) is -4.25. The number of carboxylic acids is 2. The predicted molar refractivity (Wildman–Crippen MR) is 108 cm³/mol. The Hall–Kier alpha value is -3.13. The molecule has 3 atom stereocenters. The largest absolute Gasteiger partial charge is 0.481 e. The van der Waals surface area contributed by atoms with Crippen molar-refractivity contribution in [2.24, 2.45) is 17.4 Å². The second-order valence-corrected chi connectivity index (χ2v) is 6.48. The van der Waals surface area contributed by atoms with Crippen molar-refractivity contribution in [3.8, 4) is 0 Å². The molecule has 7 N–H and O–H groups in total. The number of ether oxygens (including phenoxy) is 2. The molecule has 13 nitrogen and oxygen atoms in total. The molecule has 0 aliphatic carbocycles.